The van der Waals surface area contributed by atoms with Crippen molar-refractivity contribution in [1.82, 2.24) is 4.57 Å². The van der Waals surface area contributed by atoms with E-state index in [1.807, 2.05) is 30.3 Å². The van der Waals surface area contributed by atoms with Gasteiger partial charge >= 0.3 is 0 Å². The van der Waals surface area contributed by atoms with Gasteiger partial charge in [0.15, 0.2) is 0 Å². The van der Waals surface area contributed by atoms with Crippen LogP contribution in [0.3, 0.4) is 0 Å². The molecule has 0 radical (unpaired) electrons. The number of hydrogen-bond donors (Lipinski definition) is 2. The number of phenolic OH excluding ortho intramolecular Hbond substituents is 2. The molecule has 2 aromatic carbocycles. The molecule has 0 aliphatic carbocycles. The summed E-state index contributed by atoms with van der Waals surface area (Å²) in [6.45, 7) is 4.67. The molecule has 0 aliphatic rings. The van der Waals surface area contributed by atoms with Gasteiger partial charge in [-0.05, 0) is 43.5 Å². The lowest BCUT2D eigenvalue weighted by atomic mass is 10.1. The normalized spacial score (nSPS) is 11.4. The van der Waals surface area contributed by atoms with Crippen LogP contribution < -0.4 is 0 Å². The average Bonchev–Trinajstić information content (AvgIpc) is 2.92. The van der Waals surface area contributed by atoms with E-state index in [-0.39, 0.29) is 11.5 Å². The summed E-state index contributed by atoms with van der Waals surface area (Å²) in [5, 5.41) is 22.0. The fourth-order valence-corrected chi connectivity index (χ4v) is 3.76. The van der Waals surface area contributed by atoms with Gasteiger partial charge in [-0.1, -0.05) is 38.2 Å². The number of rotatable bonds is 10. The Morgan fingerprint density at radius 3 is 1.77 bits per heavy atom. The Morgan fingerprint density at radius 1 is 0.731 bits per heavy atom. The fraction of sp³-hybridized carbons (Fsp3) is 0.391. The van der Waals surface area contributed by atoms with Crippen molar-refractivity contribution in [2.45, 2.75) is 57.9 Å². The van der Waals surface area contributed by atoms with Gasteiger partial charge in [0.05, 0.1) is 11.0 Å². The summed E-state index contributed by atoms with van der Waals surface area (Å²) in [5.41, 5.74) is 2.07. The maximum absolute atomic E-state index is 9.90. The first-order chi connectivity index (χ1) is 12.7. The third-order valence-electron chi connectivity index (χ3n) is 5.12. The molecule has 0 atom stereocenters. The molecular weight excluding hydrogens is 322 g/mol. The monoisotopic (exact) mass is 351 g/mol. The van der Waals surface area contributed by atoms with Crippen LogP contribution in [0.25, 0.3) is 21.8 Å². The average molecular weight is 351 g/mol. The SMILES string of the molecule is C=CCCCCCCCCCn1c2cc(O)ccc2c2ccc(O)cc21. The predicted octanol–water partition coefficient (Wildman–Crippen LogP) is 6.51. The van der Waals surface area contributed by atoms with E-state index in [1.54, 1.807) is 12.1 Å². The minimum absolute atomic E-state index is 0.283. The summed E-state index contributed by atoms with van der Waals surface area (Å²) in [4.78, 5) is 0. The summed E-state index contributed by atoms with van der Waals surface area (Å²) in [7, 11) is 0. The van der Waals surface area contributed by atoms with Crippen molar-refractivity contribution in [3.63, 3.8) is 0 Å². The molecule has 0 unspecified atom stereocenters. The third kappa shape index (κ3) is 4.21. The van der Waals surface area contributed by atoms with Gasteiger partial charge in [0.25, 0.3) is 0 Å². The number of hydrogen-bond acceptors (Lipinski definition) is 2. The second-order valence-electron chi connectivity index (χ2n) is 7.11. The van der Waals surface area contributed by atoms with E-state index in [4.69, 9.17) is 0 Å². The van der Waals surface area contributed by atoms with Crippen LogP contribution in [-0.4, -0.2) is 14.8 Å². The highest BCUT2D eigenvalue weighted by molar-refractivity contribution is 6.08. The van der Waals surface area contributed by atoms with Crippen molar-refractivity contribution in [2.24, 2.45) is 0 Å². The molecule has 0 saturated heterocycles. The highest BCUT2D eigenvalue weighted by Crippen LogP contribution is 2.33. The van der Waals surface area contributed by atoms with Crippen LogP contribution in [-0.2, 0) is 6.54 Å². The van der Waals surface area contributed by atoms with Crippen molar-refractivity contribution in [3.8, 4) is 11.5 Å². The largest absolute Gasteiger partial charge is 0.508 e. The van der Waals surface area contributed by atoms with Gasteiger partial charge in [-0.2, -0.15) is 0 Å². The summed E-state index contributed by atoms with van der Waals surface area (Å²) in [6.07, 6.45) is 11.9. The van der Waals surface area contributed by atoms with E-state index < -0.39 is 0 Å². The molecule has 138 valence electrons. The number of benzene rings is 2. The number of unbranched alkanes of at least 4 members (excludes halogenated alkanes) is 7. The smallest absolute Gasteiger partial charge is 0.117 e. The molecule has 0 amide bonds. The Kier molecular flexibility index (Phi) is 6.21. The maximum atomic E-state index is 9.90. The summed E-state index contributed by atoms with van der Waals surface area (Å²) in [5.74, 6) is 0.565. The fourth-order valence-electron chi connectivity index (χ4n) is 3.76. The summed E-state index contributed by atoms with van der Waals surface area (Å²) >= 11 is 0. The molecule has 3 heteroatoms. The number of allylic oxidation sites excluding steroid dienone is 1. The lowest BCUT2D eigenvalue weighted by Gasteiger charge is -2.08. The van der Waals surface area contributed by atoms with Gasteiger partial charge in [-0.3, -0.25) is 0 Å². The van der Waals surface area contributed by atoms with Crippen LogP contribution in [0.15, 0.2) is 49.1 Å². The Morgan fingerprint density at radius 2 is 1.23 bits per heavy atom. The molecule has 3 rings (SSSR count). The van der Waals surface area contributed by atoms with Crippen molar-refractivity contribution in [3.05, 3.63) is 49.1 Å². The minimum atomic E-state index is 0.283. The van der Waals surface area contributed by atoms with Gasteiger partial charge in [-0.25, -0.2) is 0 Å². The molecule has 3 aromatic rings. The van der Waals surface area contributed by atoms with E-state index >= 15 is 0 Å². The zero-order chi connectivity index (χ0) is 18.4. The van der Waals surface area contributed by atoms with E-state index in [0.717, 1.165) is 41.2 Å². The molecule has 0 spiro atoms. The topological polar surface area (TPSA) is 45.4 Å². The van der Waals surface area contributed by atoms with Gasteiger partial charge in [0, 0.05) is 29.4 Å². The third-order valence-corrected chi connectivity index (χ3v) is 5.12. The number of phenols is 2. The zero-order valence-electron chi connectivity index (χ0n) is 15.5. The van der Waals surface area contributed by atoms with Gasteiger partial charge in [-0.15, -0.1) is 6.58 Å². The Bertz CT molecular complexity index is 819. The Hall–Kier alpha value is -2.42. The summed E-state index contributed by atoms with van der Waals surface area (Å²) < 4.78 is 2.23. The van der Waals surface area contributed by atoms with Crippen molar-refractivity contribution in [2.75, 3.05) is 0 Å². The second-order valence-corrected chi connectivity index (χ2v) is 7.11. The molecule has 3 nitrogen and oxygen atoms in total. The van der Waals surface area contributed by atoms with Crippen LogP contribution in [0.2, 0.25) is 0 Å². The lowest BCUT2D eigenvalue weighted by molar-refractivity contribution is 0.475. The predicted molar refractivity (Wildman–Crippen MR) is 110 cm³/mol. The van der Waals surface area contributed by atoms with Crippen LogP contribution in [0.1, 0.15) is 51.4 Å². The molecule has 0 fully saturated rings. The molecular formula is C23H29NO2. The van der Waals surface area contributed by atoms with Gasteiger partial charge < -0.3 is 14.8 Å². The van der Waals surface area contributed by atoms with Crippen molar-refractivity contribution >= 4 is 21.8 Å². The Labute approximate surface area is 155 Å². The molecule has 1 heterocycles. The van der Waals surface area contributed by atoms with E-state index in [1.165, 1.54) is 38.5 Å². The van der Waals surface area contributed by atoms with Crippen molar-refractivity contribution < 1.29 is 10.2 Å². The number of nitrogens with zero attached hydrogens (tertiary/aromatic N) is 1. The highest BCUT2D eigenvalue weighted by atomic mass is 16.3. The number of fused-ring (bicyclic) bond motifs is 3. The first kappa shape index (κ1) is 18.4. The first-order valence-electron chi connectivity index (χ1n) is 9.75. The van der Waals surface area contributed by atoms with E-state index in [2.05, 4.69) is 11.1 Å². The van der Waals surface area contributed by atoms with Gasteiger partial charge in [0.1, 0.15) is 11.5 Å². The van der Waals surface area contributed by atoms with E-state index in [9.17, 15) is 10.2 Å². The highest BCUT2D eigenvalue weighted by Gasteiger charge is 2.11. The quantitative estimate of drug-likeness (QED) is 0.323. The maximum Gasteiger partial charge on any atom is 0.117 e. The minimum Gasteiger partial charge on any atom is -0.508 e. The van der Waals surface area contributed by atoms with Crippen LogP contribution in [0, 0.1) is 0 Å². The molecule has 1 aromatic heterocycles. The molecule has 26 heavy (non-hydrogen) atoms. The summed E-state index contributed by atoms with van der Waals surface area (Å²) in [6, 6.07) is 11.0. The molecule has 0 aliphatic heterocycles. The van der Waals surface area contributed by atoms with Gasteiger partial charge in [0.2, 0.25) is 0 Å². The number of aromatic hydroxyl groups is 2. The second kappa shape index (κ2) is 8.79. The standard InChI is InChI=1S/C23H29NO2/c1-2-3-4-5-6-7-8-9-10-15-24-22-16-18(25)11-13-20(22)21-14-12-19(26)17-23(21)24/h2,11-14,16-17,25-26H,1,3-10,15H2. The molecule has 0 bridgehead atoms. The van der Waals surface area contributed by atoms with E-state index in [0.29, 0.717) is 0 Å². The van der Waals surface area contributed by atoms with Crippen LogP contribution >= 0.6 is 0 Å². The Balaban J connectivity index is 1.64. The molecule has 0 saturated carbocycles. The lowest BCUT2D eigenvalue weighted by Crippen LogP contribution is -1.97. The first-order valence-corrected chi connectivity index (χ1v) is 9.75. The van der Waals surface area contributed by atoms with Crippen LogP contribution in [0.5, 0.6) is 11.5 Å². The molecule has 2 N–H and O–H groups in total. The number of aromatic nitrogens is 1. The zero-order valence-corrected chi connectivity index (χ0v) is 15.5. The van der Waals surface area contributed by atoms with Crippen molar-refractivity contribution in [1.29, 1.82) is 0 Å². The van der Waals surface area contributed by atoms with Crippen LogP contribution in [0.4, 0.5) is 0 Å². The number of aryl methyl sites for hydroxylation is 1.